The van der Waals surface area contributed by atoms with Crippen molar-refractivity contribution in [2.45, 2.75) is 25.9 Å². The molecule has 3 rings (SSSR count). The van der Waals surface area contributed by atoms with Gasteiger partial charge >= 0.3 is 0 Å². The highest BCUT2D eigenvalue weighted by atomic mass is 16.2. The molecule has 1 atom stereocenters. The number of carbonyl (C=O) groups excluding carboxylic acids is 1. The van der Waals surface area contributed by atoms with Crippen molar-refractivity contribution in [3.05, 3.63) is 63.3 Å². The van der Waals surface area contributed by atoms with Gasteiger partial charge in [-0.15, -0.1) is 0 Å². The predicted molar refractivity (Wildman–Crippen MR) is 91.6 cm³/mol. The summed E-state index contributed by atoms with van der Waals surface area (Å²) in [4.78, 5) is 35.6. The summed E-state index contributed by atoms with van der Waals surface area (Å²) in [7, 11) is 3.83. The third-order valence-corrected chi connectivity index (χ3v) is 4.56. The molecular formula is C18H22N4O2. The molecule has 0 radical (unpaired) electrons. The molecule has 0 aliphatic carbocycles. The van der Waals surface area contributed by atoms with Gasteiger partial charge in [-0.3, -0.25) is 14.5 Å². The zero-order valence-electron chi connectivity index (χ0n) is 14.2. The molecule has 0 saturated heterocycles. The van der Waals surface area contributed by atoms with Crippen LogP contribution in [0, 0.1) is 6.92 Å². The van der Waals surface area contributed by atoms with Crippen molar-refractivity contribution in [2.75, 3.05) is 20.6 Å². The van der Waals surface area contributed by atoms with E-state index in [0.717, 1.165) is 11.1 Å². The number of hydrogen-bond donors (Lipinski definition) is 1. The fourth-order valence-corrected chi connectivity index (χ4v) is 3.25. The molecule has 0 saturated carbocycles. The maximum absolute atomic E-state index is 13.2. The third kappa shape index (κ3) is 2.97. The van der Waals surface area contributed by atoms with Crippen LogP contribution in [0.25, 0.3) is 0 Å². The van der Waals surface area contributed by atoms with Gasteiger partial charge in [-0.25, -0.2) is 4.98 Å². The van der Waals surface area contributed by atoms with Crippen LogP contribution < -0.4 is 5.56 Å². The molecule has 1 aromatic heterocycles. The summed E-state index contributed by atoms with van der Waals surface area (Å²) < 4.78 is 0. The lowest BCUT2D eigenvalue weighted by Gasteiger charge is -2.34. The minimum Gasteiger partial charge on any atom is -0.335 e. The molecular weight excluding hydrogens is 304 g/mol. The van der Waals surface area contributed by atoms with Crippen LogP contribution in [0.1, 0.15) is 28.4 Å². The molecule has 0 bridgehead atoms. The molecule has 1 amide bonds. The summed E-state index contributed by atoms with van der Waals surface area (Å²) in [5, 5.41) is 0. The van der Waals surface area contributed by atoms with Crippen LogP contribution in [0.5, 0.6) is 0 Å². The number of aromatic amines is 1. The Morgan fingerprint density at radius 2 is 2.08 bits per heavy atom. The Bertz CT molecular complexity index is 813. The summed E-state index contributed by atoms with van der Waals surface area (Å²) >= 11 is 0. The van der Waals surface area contributed by atoms with Gasteiger partial charge in [-0.2, -0.15) is 0 Å². The number of aryl methyl sites for hydroxylation is 1. The first-order chi connectivity index (χ1) is 11.5. The first-order valence-corrected chi connectivity index (χ1v) is 8.05. The molecule has 126 valence electrons. The summed E-state index contributed by atoms with van der Waals surface area (Å²) in [6, 6.07) is 7.61. The second-order valence-electron chi connectivity index (χ2n) is 6.39. The molecule has 6 heteroatoms. The lowest BCUT2D eigenvalue weighted by molar-refractivity contribution is -0.137. The van der Waals surface area contributed by atoms with Gasteiger partial charge < -0.3 is 9.88 Å². The van der Waals surface area contributed by atoms with E-state index in [0.29, 0.717) is 30.8 Å². The SMILES string of the molecule is Cc1ccccc1[C@@H](C(=O)N1CCc2c(nc[nH]c2=O)C1)N(C)C. The molecule has 6 nitrogen and oxygen atoms in total. The largest absolute Gasteiger partial charge is 0.335 e. The van der Waals surface area contributed by atoms with Gasteiger partial charge in [0, 0.05) is 12.1 Å². The number of likely N-dealkylation sites (N-methyl/N-ethyl adjacent to an activating group) is 1. The lowest BCUT2D eigenvalue weighted by atomic mass is 9.98. The Morgan fingerprint density at radius 3 is 2.79 bits per heavy atom. The highest BCUT2D eigenvalue weighted by molar-refractivity contribution is 5.84. The molecule has 1 aromatic carbocycles. The molecule has 1 N–H and O–H groups in total. The minimum atomic E-state index is -0.338. The van der Waals surface area contributed by atoms with E-state index in [9.17, 15) is 9.59 Å². The summed E-state index contributed by atoms with van der Waals surface area (Å²) in [5.41, 5.74) is 3.39. The van der Waals surface area contributed by atoms with Crippen LogP contribution in [0.15, 0.2) is 35.4 Å². The average Bonchev–Trinajstić information content (AvgIpc) is 2.56. The number of hydrogen-bond acceptors (Lipinski definition) is 4. The molecule has 1 aliphatic heterocycles. The van der Waals surface area contributed by atoms with Crippen LogP contribution in [0.4, 0.5) is 0 Å². The van der Waals surface area contributed by atoms with Crippen molar-refractivity contribution in [1.82, 2.24) is 19.8 Å². The quantitative estimate of drug-likeness (QED) is 0.922. The van der Waals surface area contributed by atoms with Crippen molar-refractivity contribution in [3.63, 3.8) is 0 Å². The van der Waals surface area contributed by atoms with E-state index in [1.54, 1.807) is 4.90 Å². The van der Waals surface area contributed by atoms with Crippen LogP contribution in [-0.2, 0) is 17.8 Å². The zero-order valence-corrected chi connectivity index (χ0v) is 14.2. The number of H-pyrrole nitrogens is 1. The van der Waals surface area contributed by atoms with Crippen LogP contribution in [0.2, 0.25) is 0 Å². The molecule has 0 fully saturated rings. The fourth-order valence-electron chi connectivity index (χ4n) is 3.25. The highest BCUT2D eigenvalue weighted by Gasteiger charge is 2.31. The normalized spacial score (nSPS) is 15.2. The van der Waals surface area contributed by atoms with Crippen LogP contribution in [0.3, 0.4) is 0 Å². The zero-order chi connectivity index (χ0) is 17.3. The van der Waals surface area contributed by atoms with E-state index in [-0.39, 0.29) is 17.5 Å². The minimum absolute atomic E-state index is 0.0435. The molecule has 2 heterocycles. The second-order valence-corrected chi connectivity index (χ2v) is 6.39. The van der Waals surface area contributed by atoms with E-state index in [1.807, 2.05) is 50.2 Å². The van der Waals surface area contributed by atoms with Crippen molar-refractivity contribution < 1.29 is 4.79 Å². The smallest absolute Gasteiger partial charge is 0.254 e. The molecule has 0 spiro atoms. The van der Waals surface area contributed by atoms with Gasteiger partial charge in [0.2, 0.25) is 5.91 Å². The molecule has 1 aliphatic rings. The van der Waals surface area contributed by atoms with Crippen molar-refractivity contribution >= 4 is 5.91 Å². The molecule has 0 unspecified atom stereocenters. The monoisotopic (exact) mass is 326 g/mol. The van der Waals surface area contributed by atoms with E-state index in [1.165, 1.54) is 6.33 Å². The number of nitrogens with zero attached hydrogens (tertiary/aromatic N) is 3. The van der Waals surface area contributed by atoms with Gasteiger partial charge in [-0.1, -0.05) is 24.3 Å². The number of fused-ring (bicyclic) bond motifs is 1. The number of nitrogens with one attached hydrogen (secondary N) is 1. The number of benzene rings is 1. The average molecular weight is 326 g/mol. The standard InChI is InChI=1S/C18H22N4O2/c1-12-6-4-5-7-13(12)16(21(2)3)18(24)22-9-8-14-15(10-22)19-11-20-17(14)23/h4-7,11,16H,8-10H2,1-3H3,(H,19,20,23)/t16-/m0/s1. The number of amides is 1. The summed E-state index contributed by atoms with van der Waals surface area (Å²) in [5.74, 6) is 0.0435. The predicted octanol–water partition coefficient (Wildman–Crippen LogP) is 1.27. The highest BCUT2D eigenvalue weighted by Crippen LogP contribution is 2.26. The van der Waals surface area contributed by atoms with Gasteiger partial charge in [-0.05, 0) is 38.6 Å². The van der Waals surface area contributed by atoms with Gasteiger partial charge in [0.15, 0.2) is 0 Å². The Kier molecular flexibility index (Phi) is 4.49. The van der Waals surface area contributed by atoms with Crippen molar-refractivity contribution in [2.24, 2.45) is 0 Å². The Labute approximate surface area is 141 Å². The van der Waals surface area contributed by atoms with E-state index < -0.39 is 0 Å². The van der Waals surface area contributed by atoms with Crippen molar-refractivity contribution in [3.8, 4) is 0 Å². The molecule has 24 heavy (non-hydrogen) atoms. The van der Waals surface area contributed by atoms with E-state index >= 15 is 0 Å². The third-order valence-electron chi connectivity index (χ3n) is 4.56. The van der Waals surface area contributed by atoms with Crippen LogP contribution in [-0.4, -0.2) is 46.3 Å². The maximum atomic E-state index is 13.2. The van der Waals surface area contributed by atoms with E-state index in [4.69, 9.17) is 0 Å². The number of rotatable bonds is 3. The number of carbonyl (C=O) groups is 1. The maximum Gasteiger partial charge on any atom is 0.254 e. The molecule has 2 aromatic rings. The Balaban J connectivity index is 1.90. The first-order valence-electron chi connectivity index (χ1n) is 8.05. The van der Waals surface area contributed by atoms with Crippen molar-refractivity contribution in [1.29, 1.82) is 0 Å². The Morgan fingerprint density at radius 1 is 1.33 bits per heavy atom. The fraction of sp³-hybridized carbons (Fsp3) is 0.389. The lowest BCUT2D eigenvalue weighted by Crippen LogP contribution is -2.44. The van der Waals surface area contributed by atoms with Gasteiger partial charge in [0.25, 0.3) is 5.56 Å². The van der Waals surface area contributed by atoms with E-state index in [2.05, 4.69) is 9.97 Å². The number of aromatic nitrogens is 2. The second kappa shape index (κ2) is 6.57. The van der Waals surface area contributed by atoms with Gasteiger partial charge in [0.1, 0.15) is 6.04 Å². The summed E-state index contributed by atoms with van der Waals surface area (Å²) in [6.45, 7) is 2.94. The Hall–Kier alpha value is -2.47. The summed E-state index contributed by atoms with van der Waals surface area (Å²) in [6.07, 6.45) is 1.94. The van der Waals surface area contributed by atoms with Gasteiger partial charge in [0.05, 0.1) is 18.6 Å². The first kappa shape index (κ1) is 16.4. The van der Waals surface area contributed by atoms with Crippen LogP contribution >= 0.6 is 0 Å². The topological polar surface area (TPSA) is 69.3 Å².